The van der Waals surface area contributed by atoms with Crippen LogP contribution in [0.2, 0.25) is 0 Å². The van der Waals surface area contributed by atoms with Crippen LogP contribution in [-0.4, -0.2) is 48.0 Å². The molecule has 1 fully saturated rings. The van der Waals surface area contributed by atoms with Crippen LogP contribution in [0, 0.1) is 0 Å². The number of ether oxygens (including phenoxy) is 2. The van der Waals surface area contributed by atoms with Gasteiger partial charge in [0.05, 0.1) is 13.2 Å². The minimum Gasteiger partial charge on any atom is -0.467 e. The lowest BCUT2D eigenvalue weighted by atomic mass is 9.97. The molecule has 1 aliphatic heterocycles. The molecule has 0 aromatic heterocycles. The van der Waals surface area contributed by atoms with Crippen LogP contribution in [-0.2, 0) is 19.1 Å². The lowest BCUT2D eigenvalue weighted by molar-refractivity contribution is -0.149. The second-order valence-electron chi connectivity index (χ2n) is 5.56. The van der Waals surface area contributed by atoms with Gasteiger partial charge in [-0.2, -0.15) is 0 Å². The number of aldehydes is 1. The molecule has 2 atom stereocenters. The van der Waals surface area contributed by atoms with Crippen molar-refractivity contribution in [3.05, 3.63) is 0 Å². The Hall–Kier alpha value is -1.59. The molecule has 6 nitrogen and oxygen atoms in total. The van der Waals surface area contributed by atoms with E-state index in [2.05, 4.69) is 4.74 Å². The number of esters is 1. The summed E-state index contributed by atoms with van der Waals surface area (Å²) in [4.78, 5) is 36.2. The van der Waals surface area contributed by atoms with Gasteiger partial charge in [-0.15, -0.1) is 0 Å². The van der Waals surface area contributed by atoms with Crippen molar-refractivity contribution in [3.63, 3.8) is 0 Å². The number of hydrogen-bond acceptors (Lipinski definition) is 5. The maximum Gasteiger partial charge on any atom is 0.411 e. The Morgan fingerprint density at radius 3 is 2.37 bits per heavy atom. The van der Waals surface area contributed by atoms with E-state index in [0.29, 0.717) is 25.5 Å². The van der Waals surface area contributed by atoms with Gasteiger partial charge < -0.3 is 14.3 Å². The highest BCUT2D eigenvalue weighted by Crippen LogP contribution is 2.25. The van der Waals surface area contributed by atoms with E-state index >= 15 is 0 Å². The fraction of sp³-hybridized carbons (Fsp3) is 0.769. The normalized spacial score (nSPS) is 23.7. The molecule has 0 bridgehead atoms. The van der Waals surface area contributed by atoms with Crippen LogP contribution in [0.25, 0.3) is 0 Å². The molecule has 19 heavy (non-hydrogen) atoms. The summed E-state index contributed by atoms with van der Waals surface area (Å²) in [5, 5.41) is 0. The van der Waals surface area contributed by atoms with Gasteiger partial charge in [-0.05, 0) is 40.0 Å². The highest BCUT2D eigenvalue weighted by molar-refractivity contribution is 5.84. The average molecular weight is 271 g/mol. The number of amides is 1. The fourth-order valence-corrected chi connectivity index (χ4v) is 2.11. The van der Waals surface area contributed by atoms with E-state index in [0.717, 1.165) is 0 Å². The quantitative estimate of drug-likeness (QED) is 0.562. The average Bonchev–Trinajstić information content (AvgIpc) is 2.34. The van der Waals surface area contributed by atoms with E-state index in [4.69, 9.17) is 4.74 Å². The molecule has 1 aliphatic rings. The minimum atomic E-state index is -0.746. The van der Waals surface area contributed by atoms with Gasteiger partial charge in [0.2, 0.25) is 0 Å². The number of carbonyl (C=O) groups excluding carboxylic acids is 3. The number of carbonyl (C=O) groups is 3. The maximum absolute atomic E-state index is 12.2. The number of rotatable bonds is 2. The van der Waals surface area contributed by atoms with Gasteiger partial charge in [0, 0.05) is 0 Å². The Balaban J connectivity index is 2.94. The Kier molecular flexibility index (Phi) is 4.91. The van der Waals surface area contributed by atoms with Crippen LogP contribution >= 0.6 is 0 Å². The van der Waals surface area contributed by atoms with Crippen molar-refractivity contribution < 1.29 is 23.9 Å². The number of piperidine rings is 1. The first-order valence-electron chi connectivity index (χ1n) is 6.34. The third-order valence-electron chi connectivity index (χ3n) is 2.91. The summed E-state index contributed by atoms with van der Waals surface area (Å²) in [7, 11) is 1.26. The van der Waals surface area contributed by atoms with Crippen LogP contribution in [0.15, 0.2) is 0 Å². The van der Waals surface area contributed by atoms with Gasteiger partial charge in [-0.3, -0.25) is 4.90 Å². The molecule has 1 amide bonds. The SMILES string of the molecule is COC(=O)C1CCCC(C=O)N1C(=O)OC(C)(C)C. The first-order chi connectivity index (χ1) is 8.80. The smallest absolute Gasteiger partial charge is 0.411 e. The van der Waals surface area contributed by atoms with Gasteiger partial charge >= 0.3 is 12.1 Å². The van der Waals surface area contributed by atoms with Gasteiger partial charge in [0.15, 0.2) is 0 Å². The molecule has 1 saturated heterocycles. The molecule has 0 aromatic rings. The lowest BCUT2D eigenvalue weighted by Crippen LogP contribution is -2.55. The van der Waals surface area contributed by atoms with Crippen LogP contribution in [0.3, 0.4) is 0 Å². The van der Waals surface area contributed by atoms with Crippen LogP contribution in [0.4, 0.5) is 4.79 Å². The second kappa shape index (κ2) is 6.04. The Bertz CT molecular complexity index is 361. The summed E-state index contributed by atoms with van der Waals surface area (Å²) in [6, 6.07) is -1.38. The molecule has 0 spiro atoms. The Morgan fingerprint density at radius 2 is 1.89 bits per heavy atom. The maximum atomic E-state index is 12.2. The van der Waals surface area contributed by atoms with E-state index in [-0.39, 0.29) is 0 Å². The molecule has 0 aliphatic carbocycles. The molecule has 0 aromatic carbocycles. The summed E-state index contributed by atoms with van der Waals surface area (Å²) >= 11 is 0. The van der Waals surface area contributed by atoms with Crippen molar-refractivity contribution in [1.29, 1.82) is 0 Å². The minimum absolute atomic E-state index is 0.482. The Morgan fingerprint density at radius 1 is 1.26 bits per heavy atom. The monoisotopic (exact) mass is 271 g/mol. The summed E-state index contributed by atoms with van der Waals surface area (Å²) < 4.78 is 9.94. The summed E-state index contributed by atoms with van der Waals surface area (Å²) in [6.07, 6.45) is 1.74. The molecule has 0 radical (unpaired) electrons. The zero-order valence-corrected chi connectivity index (χ0v) is 11.8. The number of hydrogen-bond donors (Lipinski definition) is 0. The highest BCUT2D eigenvalue weighted by atomic mass is 16.6. The second-order valence-corrected chi connectivity index (χ2v) is 5.56. The molecule has 108 valence electrons. The van der Waals surface area contributed by atoms with E-state index < -0.39 is 29.7 Å². The molecule has 2 unspecified atom stereocenters. The lowest BCUT2D eigenvalue weighted by Gasteiger charge is -2.38. The number of nitrogens with zero attached hydrogens (tertiary/aromatic N) is 1. The predicted molar refractivity (Wildman–Crippen MR) is 67.6 cm³/mol. The first-order valence-corrected chi connectivity index (χ1v) is 6.34. The largest absolute Gasteiger partial charge is 0.467 e. The topological polar surface area (TPSA) is 72.9 Å². The third kappa shape index (κ3) is 3.94. The van der Waals surface area contributed by atoms with Gasteiger partial charge in [0.25, 0.3) is 0 Å². The molecule has 1 heterocycles. The van der Waals surface area contributed by atoms with E-state index in [1.807, 2.05) is 0 Å². The van der Waals surface area contributed by atoms with Crippen molar-refractivity contribution >= 4 is 18.3 Å². The van der Waals surface area contributed by atoms with Gasteiger partial charge in [0.1, 0.15) is 17.9 Å². The molecule has 0 N–H and O–H groups in total. The molecule has 6 heteroatoms. The summed E-state index contributed by atoms with van der Waals surface area (Å²) in [5.74, 6) is -0.516. The third-order valence-corrected chi connectivity index (χ3v) is 2.91. The summed E-state index contributed by atoms with van der Waals surface area (Å²) in [6.45, 7) is 5.20. The van der Waals surface area contributed by atoms with Crippen molar-refractivity contribution in [2.45, 2.75) is 57.7 Å². The fourth-order valence-electron chi connectivity index (χ4n) is 2.11. The van der Waals surface area contributed by atoms with Crippen molar-refractivity contribution in [3.8, 4) is 0 Å². The van der Waals surface area contributed by atoms with Gasteiger partial charge in [-0.1, -0.05) is 0 Å². The zero-order chi connectivity index (χ0) is 14.6. The number of likely N-dealkylation sites (tertiary alicyclic amines) is 1. The van der Waals surface area contributed by atoms with Crippen LogP contribution in [0.5, 0.6) is 0 Å². The molecular weight excluding hydrogens is 250 g/mol. The van der Waals surface area contributed by atoms with Crippen molar-refractivity contribution in [2.75, 3.05) is 7.11 Å². The van der Waals surface area contributed by atoms with E-state index in [9.17, 15) is 14.4 Å². The van der Waals surface area contributed by atoms with Crippen LogP contribution < -0.4 is 0 Å². The Labute approximate surface area is 113 Å². The standard InChI is InChI=1S/C13H21NO5/c1-13(2,3)19-12(17)14-9(8-15)6-5-7-10(14)11(16)18-4/h8-10H,5-7H2,1-4H3. The van der Waals surface area contributed by atoms with E-state index in [1.165, 1.54) is 12.0 Å². The summed E-state index contributed by atoms with van der Waals surface area (Å²) in [5.41, 5.74) is -0.678. The number of methoxy groups -OCH3 is 1. The first kappa shape index (κ1) is 15.5. The van der Waals surface area contributed by atoms with Gasteiger partial charge in [-0.25, -0.2) is 9.59 Å². The van der Waals surface area contributed by atoms with E-state index in [1.54, 1.807) is 20.8 Å². The predicted octanol–water partition coefficient (Wildman–Crippen LogP) is 1.52. The van der Waals surface area contributed by atoms with Crippen molar-refractivity contribution in [1.82, 2.24) is 4.90 Å². The van der Waals surface area contributed by atoms with Crippen molar-refractivity contribution in [2.24, 2.45) is 0 Å². The molecular formula is C13H21NO5. The molecule has 1 rings (SSSR count). The molecule has 0 saturated carbocycles. The highest BCUT2D eigenvalue weighted by Gasteiger charge is 2.40. The van der Waals surface area contributed by atoms with Crippen LogP contribution in [0.1, 0.15) is 40.0 Å². The zero-order valence-electron chi connectivity index (χ0n) is 11.8.